The molecule has 12 nitrogen and oxygen atoms in total. The summed E-state index contributed by atoms with van der Waals surface area (Å²) in [5, 5.41) is 7.59. The van der Waals surface area contributed by atoms with Gasteiger partial charge in [-0.3, -0.25) is 18.9 Å². The Kier molecular flexibility index (Phi) is 8.85. The van der Waals surface area contributed by atoms with E-state index in [0.29, 0.717) is 46.4 Å². The van der Waals surface area contributed by atoms with Crippen molar-refractivity contribution in [1.82, 2.24) is 34.4 Å². The topological polar surface area (TPSA) is 138 Å². The summed E-state index contributed by atoms with van der Waals surface area (Å²) < 4.78 is 13.5. The van der Waals surface area contributed by atoms with Gasteiger partial charge >= 0.3 is 5.69 Å². The standard InChI is InChI=1S/C33H35ClN8O4/c1-18-21(8-7-11-24(18)39-29-27-30(38-19(2)37-29)41(3)33(44)42(4)32(27)43)22-9-6-10-23(28(22)34)25-16-36-26(31(40-25)45-5)17-35-20-12-14-46-15-13-20/h6-11,16,20,35H,12-15,17H2,1-5H3,(H,37,38,39). The van der Waals surface area contributed by atoms with Gasteiger partial charge in [-0.2, -0.15) is 0 Å². The minimum atomic E-state index is -0.480. The number of nitrogens with zero attached hydrogens (tertiary/aromatic N) is 6. The van der Waals surface area contributed by atoms with Crippen LogP contribution in [0, 0.1) is 13.8 Å². The zero-order valence-corrected chi connectivity index (χ0v) is 27.1. The molecule has 1 aliphatic rings. The highest BCUT2D eigenvalue weighted by Crippen LogP contribution is 2.39. The van der Waals surface area contributed by atoms with E-state index in [1.54, 1.807) is 27.3 Å². The Morgan fingerprint density at radius 2 is 1.70 bits per heavy atom. The summed E-state index contributed by atoms with van der Waals surface area (Å²) in [5.74, 6) is 1.18. The van der Waals surface area contributed by atoms with Crippen molar-refractivity contribution in [3.05, 3.63) is 85.5 Å². The molecule has 4 heterocycles. The summed E-state index contributed by atoms with van der Waals surface area (Å²) in [6, 6.07) is 11.9. The highest BCUT2D eigenvalue weighted by molar-refractivity contribution is 6.36. The van der Waals surface area contributed by atoms with Crippen molar-refractivity contribution >= 4 is 34.1 Å². The van der Waals surface area contributed by atoms with E-state index in [1.165, 1.54) is 11.6 Å². The summed E-state index contributed by atoms with van der Waals surface area (Å²) in [6.45, 7) is 5.73. The van der Waals surface area contributed by atoms with Crippen molar-refractivity contribution in [2.75, 3.05) is 25.6 Å². The fourth-order valence-electron chi connectivity index (χ4n) is 5.74. The van der Waals surface area contributed by atoms with Crippen LogP contribution in [0.5, 0.6) is 5.88 Å². The zero-order valence-electron chi connectivity index (χ0n) is 26.3. The lowest BCUT2D eigenvalue weighted by molar-refractivity contribution is 0.0774. The van der Waals surface area contributed by atoms with Crippen LogP contribution in [0.25, 0.3) is 33.4 Å². The van der Waals surface area contributed by atoms with E-state index in [9.17, 15) is 9.59 Å². The summed E-state index contributed by atoms with van der Waals surface area (Å²) >= 11 is 7.08. The number of rotatable bonds is 8. The molecule has 0 aliphatic carbocycles. The third-order valence-electron chi connectivity index (χ3n) is 8.35. The van der Waals surface area contributed by atoms with Crippen molar-refractivity contribution in [3.8, 4) is 28.3 Å². The smallest absolute Gasteiger partial charge is 0.332 e. The Labute approximate surface area is 270 Å². The molecule has 0 unspecified atom stereocenters. The van der Waals surface area contributed by atoms with E-state index in [-0.39, 0.29) is 11.0 Å². The Balaban J connectivity index is 1.34. The maximum Gasteiger partial charge on any atom is 0.332 e. The second-order valence-electron chi connectivity index (χ2n) is 11.3. The van der Waals surface area contributed by atoms with Gasteiger partial charge in [-0.05, 0) is 43.9 Å². The van der Waals surface area contributed by atoms with Crippen LogP contribution in [0.15, 0.2) is 52.2 Å². The van der Waals surface area contributed by atoms with Gasteiger partial charge in [-0.1, -0.05) is 41.9 Å². The number of aryl methyl sites for hydroxylation is 2. The molecule has 0 amide bonds. The van der Waals surface area contributed by atoms with E-state index in [1.807, 2.05) is 43.3 Å². The van der Waals surface area contributed by atoms with Gasteiger partial charge in [0.1, 0.15) is 22.7 Å². The van der Waals surface area contributed by atoms with E-state index in [4.69, 9.17) is 26.1 Å². The number of fused-ring (bicyclic) bond motifs is 1. The number of hydrogen-bond acceptors (Lipinski definition) is 10. The summed E-state index contributed by atoms with van der Waals surface area (Å²) in [4.78, 5) is 44.1. The number of halogens is 1. The predicted molar refractivity (Wildman–Crippen MR) is 178 cm³/mol. The number of ether oxygens (including phenoxy) is 2. The third kappa shape index (κ3) is 5.86. The second kappa shape index (κ2) is 13.0. The molecule has 2 aromatic carbocycles. The first kappa shape index (κ1) is 31.3. The summed E-state index contributed by atoms with van der Waals surface area (Å²) in [6.07, 6.45) is 3.64. The lowest BCUT2D eigenvalue weighted by atomic mass is 9.96. The average Bonchev–Trinajstić information content (AvgIpc) is 3.07. The fourth-order valence-corrected chi connectivity index (χ4v) is 6.07. The molecule has 5 aromatic rings. The normalized spacial score (nSPS) is 13.7. The van der Waals surface area contributed by atoms with Crippen LogP contribution in [0.1, 0.15) is 29.9 Å². The van der Waals surface area contributed by atoms with Crippen LogP contribution >= 0.6 is 11.6 Å². The minimum Gasteiger partial charge on any atom is -0.480 e. The highest BCUT2D eigenvalue weighted by atomic mass is 35.5. The molecule has 1 fully saturated rings. The van der Waals surface area contributed by atoms with Crippen LogP contribution in [-0.2, 0) is 25.4 Å². The van der Waals surface area contributed by atoms with Gasteiger partial charge in [0.15, 0.2) is 5.65 Å². The zero-order chi connectivity index (χ0) is 32.5. The largest absolute Gasteiger partial charge is 0.480 e. The molecule has 0 bridgehead atoms. The number of aromatic nitrogens is 6. The van der Waals surface area contributed by atoms with Gasteiger partial charge in [0.25, 0.3) is 5.56 Å². The third-order valence-corrected chi connectivity index (χ3v) is 8.76. The van der Waals surface area contributed by atoms with Gasteiger partial charge in [-0.15, -0.1) is 0 Å². The molecule has 6 rings (SSSR count). The van der Waals surface area contributed by atoms with Crippen LogP contribution in [0.4, 0.5) is 11.5 Å². The molecule has 1 aliphatic heterocycles. The molecule has 0 radical (unpaired) electrons. The molecule has 0 atom stereocenters. The Bertz CT molecular complexity index is 2070. The summed E-state index contributed by atoms with van der Waals surface area (Å²) in [7, 11) is 4.61. The summed E-state index contributed by atoms with van der Waals surface area (Å²) in [5.41, 5.74) is 4.63. The highest BCUT2D eigenvalue weighted by Gasteiger charge is 2.20. The van der Waals surface area contributed by atoms with Crippen LogP contribution in [-0.4, -0.2) is 55.4 Å². The molecule has 238 valence electrons. The number of hydrogen-bond donors (Lipinski definition) is 2. The van der Waals surface area contributed by atoms with Crippen molar-refractivity contribution in [3.63, 3.8) is 0 Å². The maximum absolute atomic E-state index is 13.2. The fraction of sp³-hybridized carbons (Fsp3) is 0.333. The second-order valence-corrected chi connectivity index (χ2v) is 11.7. The lowest BCUT2D eigenvalue weighted by Crippen LogP contribution is -2.37. The van der Waals surface area contributed by atoms with Crippen molar-refractivity contribution < 1.29 is 9.47 Å². The van der Waals surface area contributed by atoms with Gasteiger partial charge in [0.2, 0.25) is 5.88 Å². The first-order valence-electron chi connectivity index (χ1n) is 15.0. The van der Waals surface area contributed by atoms with Crippen LogP contribution in [0.3, 0.4) is 0 Å². The van der Waals surface area contributed by atoms with Crippen LogP contribution < -0.4 is 26.6 Å². The predicted octanol–water partition coefficient (Wildman–Crippen LogP) is 4.44. The van der Waals surface area contributed by atoms with E-state index < -0.39 is 11.2 Å². The van der Waals surface area contributed by atoms with E-state index in [0.717, 1.165) is 58.7 Å². The Hall–Kier alpha value is -4.65. The molecular weight excluding hydrogens is 608 g/mol. The van der Waals surface area contributed by atoms with Gasteiger partial charge < -0.3 is 20.1 Å². The number of nitrogens with one attached hydrogen (secondary N) is 2. The molecule has 3 aromatic heterocycles. The Morgan fingerprint density at radius 3 is 2.46 bits per heavy atom. The SMILES string of the molecule is COc1nc(-c2cccc(-c3cccc(Nc4nc(C)nc5c4c(=O)n(C)c(=O)n5C)c3C)c2Cl)cnc1CNC1CCOCC1. The maximum atomic E-state index is 13.2. The van der Waals surface area contributed by atoms with Crippen molar-refractivity contribution in [1.29, 1.82) is 0 Å². The van der Waals surface area contributed by atoms with Crippen LogP contribution in [0.2, 0.25) is 5.02 Å². The van der Waals surface area contributed by atoms with E-state index >= 15 is 0 Å². The minimum absolute atomic E-state index is 0.221. The molecule has 0 saturated carbocycles. The van der Waals surface area contributed by atoms with Crippen molar-refractivity contribution in [2.24, 2.45) is 14.1 Å². The molecule has 13 heteroatoms. The quantitative estimate of drug-likeness (QED) is 0.250. The van der Waals surface area contributed by atoms with E-state index in [2.05, 4.69) is 25.6 Å². The molecular formula is C33H35ClN8O4. The monoisotopic (exact) mass is 642 g/mol. The van der Waals surface area contributed by atoms with Gasteiger partial charge in [0.05, 0.1) is 24.0 Å². The lowest BCUT2D eigenvalue weighted by Gasteiger charge is -2.23. The molecule has 1 saturated heterocycles. The number of methoxy groups -OCH3 is 1. The average molecular weight is 643 g/mol. The Morgan fingerprint density at radius 1 is 0.978 bits per heavy atom. The number of anilines is 2. The van der Waals surface area contributed by atoms with Crippen molar-refractivity contribution in [2.45, 2.75) is 39.3 Å². The van der Waals surface area contributed by atoms with Gasteiger partial charge in [0, 0.05) is 56.7 Å². The number of benzene rings is 2. The first-order valence-corrected chi connectivity index (χ1v) is 15.4. The first-order chi connectivity index (χ1) is 22.2. The molecule has 2 N–H and O–H groups in total. The molecule has 46 heavy (non-hydrogen) atoms. The molecule has 0 spiro atoms. The van der Waals surface area contributed by atoms with Gasteiger partial charge in [-0.25, -0.2) is 19.7 Å².